The van der Waals surface area contributed by atoms with Crippen LogP contribution in [0.25, 0.3) is 5.69 Å². The van der Waals surface area contributed by atoms with Crippen molar-refractivity contribution in [1.29, 1.82) is 0 Å². The van der Waals surface area contributed by atoms with Crippen LogP contribution >= 0.6 is 0 Å². The molecule has 1 aromatic carbocycles. The molecule has 0 bridgehead atoms. The molecule has 0 saturated heterocycles. The van der Waals surface area contributed by atoms with Crippen LogP contribution in [0.3, 0.4) is 0 Å². The SMILES string of the molecule is COc1ccc(NC(=O)c2nnn(-c3ccc(F)cc3)c2C2CC2)cn1. The van der Waals surface area contributed by atoms with E-state index in [2.05, 4.69) is 20.6 Å². The summed E-state index contributed by atoms with van der Waals surface area (Å²) in [5.74, 6) is 0.00718. The van der Waals surface area contributed by atoms with Crippen LogP contribution in [0.5, 0.6) is 5.88 Å². The Kier molecular flexibility index (Phi) is 4.08. The third-order valence-electron chi connectivity index (χ3n) is 4.16. The molecule has 1 aliphatic carbocycles. The number of aromatic nitrogens is 4. The van der Waals surface area contributed by atoms with Crippen LogP contribution < -0.4 is 10.1 Å². The molecule has 26 heavy (non-hydrogen) atoms. The van der Waals surface area contributed by atoms with Crippen molar-refractivity contribution in [1.82, 2.24) is 20.0 Å². The zero-order valence-corrected chi connectivity index (χ0v) is 14.0. The average molecular weight is 353 g/mol. The zero-order valence-electron chi connectivity index (χ0n) is 14.0. The summed E-state index contributed by atoms with van der Waals surface area (Å²) in [6.07, 6.45) is 3.45. The second kappa shape index (κ2) is 6.55. The van der Waals surface area contributed by atoms with Gasteiger partial charge in [0.15, 0.2) is 5.69 Å². The highest BCUT2D eigenvalue weighted by atomic mass is 19.1. The second-order valence-electron chi connectivity index (χ2n) is 6.03. The van der Waals surface area contributed by atoms with Crippen molar-refractivity contribution in [3.8, 4) is 11.6 Å². The van der Waals surface area contributed by atoms with E-state index in [9.17, 15) is 9.18 Å². The Balaban J connectivity index is 1.63. The third kappa shape index (κ3) is 3.13. The molecule has 2 aromatic heterocycles. The molecule has 0 unspecified atom stereocenters. The number of ether oxygens (including phenoxy) is 1. The predicted octanol–water partition coefficient (Wildman–Crippen LogP) is 2.94. The number of pyridine rings is 1. The minimum absolute atomic E-state index is 0.227. The Bertz CT molecular complexity index is 933. The summed E-state index contributed by atoms with van der Waals surface area (Å²) >= 11 is 0. The Morgan fingerprint density at radius 1 is 1.23 bits per heavy atom. The van der Waals surface area contributed by atoms with E-state index < -0.39 is 0 Å². The summed E-state index contributed by atoms with van der Waals surface area (Å²) < 4.78 is 19.8. The average Bonchev–Trinajstić information content (AvgIpc) is 3.41. The van der Waals surface area contributed by atoms with Crippen LogP contribution in [0, 0.1) is 5.82 Å². The molecular weight excluding hydrogens is 337 g/mol. The van der Waals surface area contributed by atoms with Crippen molar-refractivity contribution in [2.75, 3.05) is 12.4 Å². The normalized spacial score (nSPS) is 13.5. The lowest BCUT2D eigenvalue weighted by atomic mass is 10.2. The van der Waals surface area contributed by atoms with Gasteiger partial charge in [0.25, 0.3) is 5.91 Å². The first kappa shape index (κ1) is 16.2. The Hall–Kier alpha value is -3.29. The molecular formula is C18H16FN5O2. The van der Waals surface area contributed by atoms with Crippen LogP contribution in [0.15, 0.2) is 42.6 Å². The molecule has 0 atom stereocenters. The predicted molar refractivity (Wildman–Crippen MR) is 92.0 cm³/mol. The molecule has 1 saturated carbocycles. The number of nitrogens with zero attached hydrogens (tertiary/aromatic N) is 4. The quantitative estimate of drug-likeness (QED) is 0.763. The molecule has 1 aliphatic rings. The summed E-state index contributed by atoms with van der Waals surface area (Å²) in [7, 11) is 1.52. The monoisotopic (exact) mass is 353 g/mol. The Morgan fingerprint density at radius 3 is 2.62 bits per heavy atom. The van der Waals surface area contributed by atoms with E-state index in [1.165, 1.54) is 25.4 Å². The van der Waals surface area contributed by atoms with E-state index in [4.69, 9.17) is 4.74 Å². The number of carbonyl (C=O) groups is 1. The molecule has 1 fully saturated rings. The van der Waals surface area contributed by atoms with Gasteiger partial charge in [-0.1, -0.05) is 5.21 Å². The molecule has 132 valence electrons. The van der Waals surface area contributed by atoms with E-state index >= 15 is 0 Å². The number of benzene rings is 1. The molecule has 3 aromatic rings. The van der Waals surface area contributed by atoms with E-state index in [1.54, 1.807) is 28.9 Å². The molecule has 1 amide bonds. The standard InChI is InChI=1S/C18H16FN5O2/c1-26-15-9-6-13(10-20-15)21-18(25)16-17(11-2-3-11)24(23-22-16)14-7-4-12(19)5-8-14/h4-11H,2-3H2,1H3,(H,21,25). The first-order chi connectivity index (χ1) is 12.7. The van der Waals surface area contributed by atoms with Gasteiger partial charge < -0.3 is 10.1 Å². The lowest BCUT2D eigenvalue weighted by molar-refractivity contribution is 0.102. The maximum absolute atomic E-state index is 13.2. The van der Waals surface area contributed by atoms with Gasteiger partial charge in [0.1, 0.15) is 5.82 Å². The largest absolute Gasteiger partial charge is 0.481 e. The van der Waals surface area contributed by atoms with Crippen molar-refractivity contribution in [2.45, 2.75) is 18.8 Å². The van der Waals surface area contributed by atoms with E-state index in [-0.39, 0.29) is 23.3 Å². The maximum Gasteiger partial charge on any atom is 0.278 e. The van der Waals surface area contributed by atoms with Crippen molar-refractivity contribution >= 4 is 11.6 Å². The fourth-order valence-electron chi connectivity index (χ4n) is 2.71. The summed E-state index contributed by atoms with van der Waals surface area (Å²) in [5.41, 5.74) is 2.23. The summed E-state index contributed by atoms with van der Waals surface area (Å²) in [5, 5.41) is 11.0. The highest BCUT2D eigenvalue weighted by Gasteiger charge is 2.34. The van der Waals surface area contributed by atoms with Gasteiger partial charge in [0.2, 0.25) is 5.88 Å². The molecule has 4 rings (SSSR count). The van der Waals surface area contributed by atoms with Crippen LogP contribution in [-0.2, 0) is 0 Å². The summed E-state index contributed by atoms with van der Waals surface area (Å²) in [4.78, 5) is 16.7. The van der Waals surface area contributed by atoms with Crippen molar-refractivity contribution in [3.05, 3.63) is 59.8 Å². The first-order valence-electron chi connectivity index (χ1n) is 8.18. The molecule has 0 spiro atoms. The van der Waals surface area contributed by atoms with Crippen molar-refractivity contribution < 1.29 is 13.9 Å². The van der Waals surface area contributed by atoms with E-state index in [0.29, 0.717) is 17.3 Å². The number of rotatable bonds is 5. The van der Waals surface area contributed by atoms with Gasteiger partial charge in [0, 0.05) is 12.0 Å². The minimum atomic E-state index is -0.354. The van der Waals surface area contributed by atoms with E-state index in [0.717, 1.165) is 18.5 Å². The van der Waals surface area contributed by atoms with Crippen LogP contribution in [0.2, 0.25) is 0 Å². The van der Waals surface area contributed by atoms with Crippen LogP contribution in [0.1, 0.15) is 34.9 Å². The van der Waals surface area contributed by atoms with Crippen molar-refractivity contribution in [2.24, 2.45) is 0 Å². The number of hydrogen-bond donors (Lipinski definition) is 1. The zero-order chi connectivity index (χ0) is 18.1. The molecule has 8 heteroatoms. The molecule has 1 N–H and O–H groups in total. The smallest absolute Gasteiger partial charge is 0.278 e. The van der Waals surface area contributed by atoms with Crippen LogP contribution in [-0.4, -0.2) is 33.0 Å². The Labute approximate surface area is 148 Å². The lowest BCUT2D eigenvalue weighted by Crippen LogP contribution is -2.15. The third-order valence-corrected chi connectivity index (χ3v) is 4.16. The van der Waals surface area contributed by atoms with Gasteiger partial charge >= 0.3 is 0 Å². The Morgan fingerprint density at radius 2 is 2.00 bits per heavy atom. The summed E-state index contributed by atoms with van der Waals surface area (Å²) in [6.45, 7) is 0. The number of halogens is 1. The maximum atomic E-state index is 13.2. The van der Waals surface area contributed by atoms with Crippen LogP contribution in [0.4, 0.5) is 10.1 Å². The van der Waals surface area contributed by atoms with E-state index in [1.807, 2.05) is 0 Å². The fraction of sp³-hybridized carbons (Fsp3) is 0.222. The van der Waals surface area contributed by atoms with Crippen molar-refractivity contribution in [3.63, 3.8) is 0 Å². The number of carbonyl (C=O) groups excluding carboxylic acids is 1. The summed E-state index contributed by atoms with van der Waals surface area (Å²) in [6, 6.07) is 9.31. The lowest BCUT2D eigenvalue weighted by Gasteiger charge is -2.08. The second-order valence-corrected chi connectivity index (χ2v) is 6.03. The number of hydrogen-bond acceptors (Lipinski definition) is 5. The number of amides is 1. The topological polar surface area (TPSA) is 81.9 Å². The van der Waals surface area contributed by atoms with Gasteiger partial charge in [-0.2, -0.15) is 0 Å². The highest BCUT2D eigenvalue weighted by molar-refractivity contribution is 6.03. The first-order valence-corrected chi connectivity index (χ1v) is 8.18. The fourth-order valence-corrected chi connectivity index (χ4v) is 2.71. The number of methoxy groups -OCH3 is 1. The minimum Gasteiger partial charge on any atom is -0.481 e. The number of anilines is 1. The molecule has 0 radical (unpaired) electrons. The van der Waals surface area contributed by atoms with Gasteiger partial charge in [-0.05, 0) is 43.2 Å². The van der Waals surface area contributed by atoms with Gasteiger partial charge in [-0.25, -0.2) is 14.1 Å². The number of nitrogens with one attached hydrogen (secondary N) is 1. The molecule has 0 aliphatic heterocycles. The van der Waals surface area contributed by atoms with Gasteiger partial charge in [0.05, 0.1) is 30.4 Å². The highest BCUT2D eigenvalue weighted by Crippen LogP contribution is 2.42. The molecule has 2 heterocycles. The van der Waals surface area contributed by atoms with Gasteiger partial charge in [-0.15, -0.1) is 5.10 Å². The molecule has 7 nitrogen and oxygen atoms in total. The van der Waals surface area contributed by atoms with Gasteiger partial charge in [-0.3, -0.25) is 4.79 Å².